The van der Waals surface area contributed by atoms with Gasteiger partial charge in [0.15, 0.2) is 0 Å². The molecule has 0 spiro atoms. The molecule has 1 fully saturated rings. The normalized spacial score (nSPS) is 18.2. The summed E-state index contributed by atoms with van der Waals surface area (Å²) in [6.45, 7) is 1.48. The number of likely N-dealkylation sites (N-methyl/N-ethyl adjacent to an activating group) is 1. The van der Waals surface area contributed by atoms with E-state index in [1.807, 2.05) is 0 Å². The zero-order valence-electron chi connectivity index (χ0n) is 13.8. The molecule has 1 unspecified atom stereocenters. The summed E-state index contributed by atoms with van der Waals surface area (Å²) in [6, 6.07) is -0.793. The predicted molar refractivity (Wildman–Crippen MR) is 84.5 cm³/mol. The summed E-state index contributed by atoms with van der Waals surface area (Å²) in [5.41, 5.74) is 4.27. The number of nitrogens with one attached hydrogen (secondary N) is 2. The van der Waals surface area contributed by atoms with Crippen LogP contribution in [0.1, 0.15) is 12.8 Å². The van der Waals surface area contributed by atoms with Gasteiger partial charge in [0.05, 0.1) is 6.54 Å². The third-order valence-corrected chi connectivity index (χ3v) is 4.28. The van der Waals surface area contributed by atoms with Crippen molar-refractivity contribution < 1.29 is 29.3 Å². The molecule has 6 N–H and O–H groups in total. The third-order valence-electron chi connectivity index (χ3n) is 4.28. The van der Waals surface area contributed by atoms with Gasteiger partial charge in [-0.05, 0) is 19.9 Å². The standard InChI is InChI=1S/C14H26N4O6/c1-18(14(13(22)23)2-6-24-7-3-14)10(12(15)21)8-16-4-5-17-9-11(19)20/h10,16-17H,2-9H2,1H3,(H2,15,21)(H,19,20)(H,22,23). The lowest BCUT2D eigenvalue weighted by Crippen LogP contribution is -2.63. The second-order valence-corrected chi connectivity index (χ2v) is 5.75. The molecule has 0 saturated carbocycles. The first-order valence-electron chi connectivity index (χ1n) is 7.78. The fourth-order valence-corrected chi connectivity index (χ4v) is 2.76. The second-order valence-electron chi connectivity index (χ2n) is 5.75. The van der Waals surface area contributed by atoms with E-state index in [9.17, 15) is 19.5 Å². The van der Waals surface area contributed by atoms with Crippen molar-refractivity contribution in [2.75, 3.05) is 46.4 Å². The van der Waals surface area contributed by atoms with Gasteiger partial charge < -0.3 is 31.3 Å². The van der Waals surface area contributed by atoms with Crippen molar-refractivity contribution in [3.05, 3.63) is 0 Å². The summed E-state index contributed by atoms with van der Waals surface area (Å²) in [7, 11) is 1.58. The highest BCUT2D eigenvalue weighted by molar-refractivity contribution is 5.83. The maximum Gasteiger partial charge on any atom is 0.324 e. The molecule has 1 rings (SSSR count). The molecule has 138 valence electrons. The number of primary amides is 1. The Hall–Kier alpha value is -1.75. The topological polar surface area (TPSA) is 154 Å². The monoisotopic (exact) mass is 346 g/mol. The van der Waals surface area contributed by atoms with E-state index in [0.29, 0.717) is 26.3 Å². The first-order valence-corrected chi connectivity index (χ1v) is 7.78. The Kier molecular flexibility index (Phi) is 8.05. The lowest BCUT2D eigenvalue weighted by atomic mass is 9.87. The van der Waals surface area contributed by atoms with Gasteiger partial charge in [0, 0.05) is 32.8 Å². The molecule has 0 radical (unpaired) electrons. The highest BCUT2D eigenvalue weighted by atomic mass is 16.5. The van der Waals surface area contributed by atoms with Crippen LogP contribution in [0.4, 0.5) is 0 Å². The molecule has 0 aliphatic carbocycles. The molecule has 10 nitrogen and oxygen atoms in total. The van der Waals surface area contributed by atoms with E-state index in [4.69, 9.17) is 15.6 Å². The van der Waals surface area contributed by atoms with Gasteiger partial charge in [0.25, 0.3) is 0 Å². The smallest absolute Gasteiger partial charge is 0.324 e. The Morgan fingerprint density at radius 1 is 1.21 bits per heavy atom. The number of ether oxygens (including phenoxy) is 1. The van der Waals surface area contributed by atoms with Crippen molar-refractivity contribution in [1.82, 2.24) is 15.5 Å². The van der Waals surface area contributed by atoms with Gasteiger partial charge in [-0.25, -0.2) is 0 Å². The molecule has 1 amide bonds. The number of rotatable bonds is 11. The van der Waals surface area contributed by atoms with E-state index in [2.05, 4.69) is 10.6 Å². The molecular formula is C14H26N4O6. The van der Waals surface area contributed by atoms with Crippen LogP contribution in [0.15, 0.2) is 0 Å². The molecule has 0 aromatic heterocycles. The van der Waals surface area contributed by atoms with Crippen LogP contribution < -0.4 is 16.4 Å². The number of aliphatic carboxylic acids is 2. The largest absolute Gasteiger partial charge is 0.480 e. The molecule has 0 bridgehead atoms. The maximum absolute atomic E-state index is 11.8. The van der Waals surface area contributed by atoms with Gasteiger partial charge >= 0.3 is 11.9 Å². The van der Waals surface area contributed by atoms with E-state index in [1.54, 1.807) is 7.05 Å². The van der Waals surface area contributed by atoms with Gasteiger partial charge in [-0.2, -0.15) is 0 Å². The molecule has 1 aliphatic rings. The SMILES string of the molecule is CN(C(CNCCNCC(=O)O)C(N)=O)C1(C(=O)O)CCOCC1. The number of carboxylic acid groups (broad SMARTS) is 2. The van der Waals surface area contributed by atoms with Crippen molar-refractivity contribution in [2.45, 2.75) is 24.4 Å². The molecule has 0 aromatic carbocycles. The molecule has 0 aromatic rings. The second kappa shape index (κ2) is 9.52. The van der Waals surface area contributed by atoms with E-state index in [1.165, 1.54) is 4.90 Å². The molecular weight excluding hydrogens is 320 g/mol. The van der Waals surface area contributed by atoms with E-state index in [0.717, 1.165) is 0 Å². The number of nitrogens with two attached hydrogens (primary N) is 1. The zero-order chi connectivity index (χ0) is 18.2. The summed E-state index contributed by atoms with van der Waals surface area (Å²) in [4.78, 5) is 35.5. The van der Waals surface area contributed by atoms with Gasteiger partial charge in [0.2, 0.25) is 5.91 Å². The van der Waals surface area contributed by atoms with Gasteiger partial charge in [-0.15, -0.1) is 0 Å². The van der Waals surface area contributed by atoms with E-state index in [-0.39, 0.29) is 25.9 Å². The minimum absolute atomic E-state index is 0.150. The Morgan fingerprint density at radius 3 is 2.29 bits per heavy atom. The van der Waals surface area contributed by atoms with Crippen molar-refractivity contribution in [2.24, 2.45) is 5.73 Å². The summed E-state index contributed by atoms with van der Waals surface area (Å²) < 4.78 is 5.23. The Bertz CT molecular complexity index is 453. The molecule has 1 aliphatic heterocycles. The summed E-state index contributed by atoms with van der Waals surface area (Å²) >= 11 is 0. The predicted octanol–water partition coefficient (Wildman–Crippen LogP) is -2.33. The number of amides is 1. The number of carbonyl (C=O) groups is 3. The quantitative estimate of drug-likeness (QED) is 0.259. The summed E-state index contributed by atoms with van der Waals surface area (Å²) in [5.74, 6) is -2.56. The average molecular weight is 346 g/mol. The fraction of sp³-hybridized carbons (Fsp3) is 0.786. The number of hydrogen-bond donors (Lipinski definition) is 5. The average Bonchev–Trinajstić information content (AvgIpc) is 2.53. The number of hydrogen-bond acceptors (Lipinski definition) is 7. The summed E-state index contributed by atoms with van der Waals surface area (Å²) in [6.07, 6.45) is 0.561. The van der Waals surface area contributed by atoms with E-state index >= 15 is 0 Å². The van der Waals surface area contributed by atoms with Crippen LogP contribution in [0.3, 0.4) is 0 Å². The summed E-state index contributed by atoms with van der Waals surface area (Å²) in [5, 5.41) is 23.9. The lowest BCUT2D eigenvalue weighted by molar-refractivity contribution is -0.160. The van der Waals surface area contributed by atoms with E-state index < -0.39 is 29.4 Å². The first-order chi connectivity index (χ1) is 11.3. The minimum atomic E-state index is -1.18. The van der Waals surface area contributed by atoms with Crippen molar-refractivity contribution in [3.63, 3.8) is 0 Å². The Labute approximate surface area is 140 Å². The van der Waals surface area contributed by atoms with Crippen molar-refractivity contribution in [3.8, 4) is 0 Å². The molecule has 1 saturated heterocycles. The number of carbonyl (C=O) groups excluding carboxylic acids is 1. The molecule has 1 heterocycles. The van der Waals surface area contributed by atoms with Gasteiger partial charge in [-0.3, -0.25) is 19.3 Å². The van der Waals surface area contributed by atoms with Crippen molar-refractivity contribution in [1.29, 1.82) is 0 Å². The van der Waals surface area contributed by atoms with Crippen LogP contribution >= 0.6 is 0 Å². The minimum Gasteiger partial charge on any atom is -0.480 e. The first kappa shape index (κ1) is 20.3. The maximum atomic E-state index is 11.8. The number of nitrogens with zero attached hydrogens (tertiary/aromatic N) is 1. The van der Waals surface area contributed by atoms with Crippen LogP contribution in [-0.4, -0.2) is 91.0 Å². The van der Waals surface area contributed by atoms with Crippen LogP contribution in [-0.2, 0) is 19.1 Å². The fourth-order valence-electron chi connectivity index (χ4n) is 2.76. The van der Waals surface area contributed by atoms with Crippen LogP contribution in [0.5, 0.6) is 0 Å². The van der Waals surface area contributed by atoms with Crippen molar-refractivity contribution >= 4 is 17.8 Å². The zero-order valence-corrected chi connectivity index (χ0v) is 13.8. The van der Waals surface area contributed by atoms with Gasteiger partial charge in [0.1, 0.15) is 11.6 Å². The highest BCUT2D eigenvalue weighted by Crippen LogP contribution is 2.29. The molecule has 1 atom stereocenters. The highest BCUT2D eigenvalue weighted by Gasteiger charge is 2.47. The Balaban J connectivity index is 2.60. The number of carboxylic acids is 2. The van der Waals surface area contributed by atoms with Gasteiger partial charge in [-0.1, -0.05) is 0 Å². The third kappa shape index (κ3) is 5.41. The van der Waals surface area contributed by atoms with Crippen LogP contribution in [0, 0.1) is 0 Å². The Morgan fingerprint density at radius 2 is 1.79 bits per heavy atom. The van der Waals surface area contributed by atoms with Crippen LogP contribution in [0.2, 0.25) is 0 Å². The molecule has 10 heteroatoms. The van der Waals surface area contributed by atoms with Crippen LogP contribution in [0.25, 0.3) is 0 Å². The lowest BCUT2D eigenvalue weighted by Gasteiger charge is -2.43. The molecule has 24 heavy (non-hydrogen) atoms.